The van der Waals surface area contributed by atoms with Crippen molar-refractivity contribution >= 4 is 15.8 Å². The maximum atomic E-state index is 11.1. The van der Waals surface area contributed by atoms with Gasteiger partial charge in [-0.25, -0.2) is 8.42 Å². The normalized spacial score (nSPS) is 10.6. The summed E-state index contributed by atoms with van der Waals surface area (Å²) in [7, 11) is -4.45. The Morgan fingerprint density at radius 1 is 0.947 bits per heavy atom. The molecule has 0 saturated carbocycles. The molecule has 0 saturated heterocycles. The first kappa shape index (κ1) is 16.8. The van der Waals surface area contributed by atoms with E-state index in [0.717, 1.165) is 5.56 Å². The van der Waals surface area contributed by atoms with Gasteiger partial charge in [-0.1, -0.05) is 42.5 Å². The molecule has 0 aliphatic heterocycles. The minimum absolute atomic E-state index is 0. The number of hydrogen-bond donors (Lipinski definition) is 1. The summed E-state index contributed by atoms with van der Waals surface area (Å²) in [4.78, 5) is -0.221. The molecule has 0 spiro atoms. The van der Waals surface area contributed by atoms with Crippen molar-refractivity contribution < 1.29 is 64.4 Å². The van der Waals surface area contributed by atoms with E-state index in [1.165, 1.54) is 12.1 Å². The summed E-state index contributed by atoms with van der Waals surface area (Å²) in [6.07, 6.45) is 0. The molecule has 0 aliphatic carbocycles. The van der Waals surface area contributed by atoms with Crippen molar-refractivity contribution in [2.24, 2.45) is 0 Å². The number of nitrogens with one attached hydrogen (secondary N) is 1. The van der Waals surface area contributed by atoms with Gasteiger partial charge in [-0.05, 0) is 17.7 Å². The number of anilines is 1. The molecule has 0 radical (unpaired) electrons. The Bertz CT molecular complexity index is 629. The van der Waals surface area contributed by atoms with E-state index in [9.17, 15) is 13.0 Å². The zero-order valence-electron chi connectivity index (χ0n) is 10.5. The summed E-state index contributed by atoms with van der Waals surface area (Å²) in [5.74, 6) is 0. The molecule has 2 aromatic carbocycles. The van der Waals surface area contributed by atoms with Gasteiger partial charge in [-0.15, -0.1) is 0 Å². The van der Waals surface area contributed by atoms with Crippen LogP contribution >= 0.6 is 0 Å². The van der Waals surface area contributed by atoms with Crippen molar-refractivity contribution in [2.75, 3.05) is 5.32 Å². The first-order chi connectivity index (χ1) is 8.57. The predicted octanol–water partition coefficient (Wildman–Crippen LogP) is -0.793. The first-order valence-corrected chi connectivity index (χ1v) is 6.81. The second kappa shape index (κ2) is 7.54. The molecule has 0 aromatic heterocycles. The van der Waals surface area contributed by atoms with Crippen molar-refractivity contribution in [2.45, 2.75) is 11.4 Å². The fourth-order valence-corrected chi connectivity index (χ4v) is 2.28. The van der Waals surface area contributed by atoms with Crippen LogP contribution in [0.2, 0.25) is 0 Å². The molecule has 2 rings (SSSR count). The van der Waals surface area contributed by atoms with Crippen LogP contribution in [0, 0.1) is 0 Å². The van der Waals surface area contributed by atoms with Crippen LogP contribution in [0.4, 0.5) is 5.69 Å². The van der Waals surface area contributed by atoms with Gasteiger partial charge in [0.05, 0.1) is 10.6 Å². The van der Waals surface area contributed by atoms with Gasteiger partial charge in [0.2, 0.25) is 0 Å². The van der Waals surface area contributed by atoms with E-state index in [4.69, 9.17) is 0 Å². The molecular weight excluding hydrogens is 289 g/mol. The molecule has 0 heterocycles. The summed E-state index contributed by atoms with van der Waals surface area (Å²) >= 11 is 0. The Hall–Kier alpha value is -0.214. The van der Waals surface area contributed by atoms with E-state index in [1.807, 2.05) is 30.3 Å². The van der Waals surface area contributed by atoms with Crippen LogP contribution in [0.3, 0.4) is 0 Å². The smallest absolute Gasteiger partial charge is 0.744 e. The quantitative estimate of drug-likeness (QED) is 0.593. The van der Waals surface area contributed by atoms with Crippen LogP contribution in [0.1, 0.15) is 5.56 Å². The Balaban J connectivity index is 0.00000180. The molecule has 0 bridgehead atoms. The second-order valence-electron chi connectivity index (χ2n) is 3.79. The van der Waals surface area contributed by atoms with E-state index in [2.05, 4.69) is 5.32 Å². The van der Waals surface area contributed by atoms with Crippen LogP contribution in [0.25, 0.3) is 0 Å². The molecule has 94 valence electrons. The van der Waals surface area contributed by atoms with E-state index < -0.39 is 10.1 Å². The molecule has 2 aromatic rings. The van der Waals surface area contributed by atoms with E-state index in [1.54, 1.807) is 12.1 Å². The summed E-state index contributed by atoms with van der Waals surface area (Å²) < 4.78 is 33.2. The Morgan fingerprint density at radius 3 is 2.16 bits per heavy atom. The SMILES string of the molecule is O=S(=O)([O-])c1ccccc1NCc1ccccc1.[K+]. The average molecular weight is 301 g/mol. The molecule has 0 aliphatic rings. The molecule has 0 unspecified atom stereocenters. The molecule has 1 N–H and O–H groups in total. The van der Waals surface area contributed by atoms with Crippen LogP contribution in [0.15, 0.2) is 59.5 Å². The molecule has 6 heteroatoms. The van der Waals surface area contributed by atoms with E-state index in [-0.39, 0.29) is 56.3 Å². The average Bonchev–Trinajstić information content (AvgIpc) is 2.37. The summed E-state index contributed by atoms with van der Waals surface area (Å²) in [6, 6.07) is 15.6. The minimum Gasteiger partial charge on any atom is -0.744 e. The maximum Gasteiger partial charge on any atom is 1.00 e. The van der Waals surface area contributed by atoms with E-state index in [0.29, 0.717) is 12.2 Å². The zero-order chi connectivity index (χ0) is 13.0. The Morgan fingerprint density at radius 2 is 1.53 bits per heavy atom. The standard InChI is InChI=1S/C13H13NO3S.K/c15-18(16,17)13-9-5-4-8-12(13)14-10-11-6-2-1-3-7-11;/h1-9,14H,10H2,(H,15,16,17);/q;+1/p-1. The molecule has 0 atom stereocenters. The van der Waals surface area contributed by atoms with Crippen LogP contribution < -0.4 is 56.7 Å². The third kappa shape index (κ3) is 5.00. The summed E-state index contributed by atoms with van der Waals surface area (Å²) in [5.41, 5.74) is 1.34. The fourth-order valence-electron chi connectivity index (χ4n) is 1.62. The van der Waals surface area contributed by atoms with Crippen molar-refractivity contribution in [3.63, 3.8) is 0 Å². The monoisotopic (exact) mass is 301 g/mol. The summed E-state index contributed by atoms with van der Waals surface area (Å²) in [6.45, 7) is 0.466. The third-order valence-electron chi connectivity index (χ3n) is 2.48. The molecular formula is C13H12KNO3S. The number of benzene rings is 2. The maximum absolute atomic E-state index is 11.1. The van der Waals surface area contributed by atoms with Crippen molar-refractivity contribution in [1.82, 2.24) is 0 Å². The van der Waals surface area contributed by atoms with Gasteiger partial charge in [0.25, 0.3) is 0 Å². The molecule has 0 fully saturated rings. The van der Waals surface area contributed by atoms with Gasteiger partial charge in [-0.3, -0.25) is 0 Å². The molecule has 4 nitrogen and oxygen atoms in total. The van der Waals surface area contributed by atoms with Crippen molar-refractivity contribution in [3.05, 3.63) is 60.2 Å². The first-order valence-electron chi connectivity index (χ1n) is 5.40. The van der Waals surface area contributed by atoms with Gasteiger partial charge >= 0.3 is 51.4 Å². The number of rotatable bonds is 4. The zero-order valence-corrected chi connectivity index (χ0v) is 14.5. The number of para-hydroxylation sites is 1. The van der Waals surface area contributed by atoms with Crippen LogP contribution in [0.5, 0.6) is 0 Å². The summed E-state index contributed by atoms with van der Waals surface area (Å²) in [5, 5.41) is 2.96. The van der Waals surface area contributed by atoms with Gasteiger partial charge in [0.1, 0.15) is 10.1 Å². The largest absolute Gasteiger partial charge is 1.00 e. The van der Waals surface area contributed by atoms with Gasteiger partial charge in [0, 0.05) is 6.54 Å². The van der Waals surface area contributed by atoms with Gasteiger partial charge in [-0.2, -0.15) is 0 Å². The van der Waals surface area contributed by atoms with E-state index >= 15 is 0 Å². The third-order valence-corrected chi connectivity index (χ3v) is 3.38. The van der Waals surface area contributed by atoms with Gasteiger partial charge in [0.15, 0.2) is 0 Å². The molecule has 19 heavy (non-hydrogen) atoms. The van der Waals surface area contributed by atoms with Crippen LogP contribution in [-0.2, 0) is 16.7 Å². The topological polar surface area (TPSA) is 69.2 Å². The fraction of sp³-hybridized carbons (Fsp3) is 0.0769. The predicted molar refractivity (Wildman–Crippen MR) is 68.2 cm³/mol. The van der Waals surface area contributed by atoms with Crippen molar-refractivity contribution in [1.29, 1.82) is 0 Å². The number of hydrogen-bond acceptors (Lipinski definition) is 4. The Kier molecular flexibility index (Phi) is 6.68. The van der Waals surface area contributed by atoms with Gasteiger partial charge < -0.3 is 9.87 Å². The second-order valence-corrected chi connectivity index (χ2v) is 5.14. The minimum atomic E-state index is -4.45. The van der Waals surface area contributed by atoms with Crippen LogP contribution in [-0.4, -0.2) is 13.0 Å². The Labute approximate surface area is 155 Å². The molecule has 0 amide bonds. The van der Waals surface area contributed by atoms with Crippen molar-refractivity contribution in [3.8, 4) is 0 Å².